The molecule has 0 aliphatic carbocycles. The first-order valence-electron chi connectivity index (χ1n) is 6.60. The second-order valence-electron chi connectivity index (χ2n) is 4.85. The van der Waals surface area contributed by atoms with E-state index in [0.717, 1.165) is 25.0 Å². The Labute approximate surface area is 121 Å². The van der Waals surface area contributed by atoms with Gasteiger partial charge < -0.3 is 0 Å². The van der Waals surface area contributed by atoms with Gasteiger partial charge in [0.25, 0.3) is 0 Å². The minimum atomic E-state index is -3.71. The van der Waals surface area contributed by atoms with Gasteiger partial charge in [-0.2, -0.15) is 9.52 Å². The second kappa shape index (κ2) is 5.49. The molecule has 0 saturated carbocycles. The number of nitrogens with one attached hydrogen (secondary N) is 1. The van der Waals surface area contributed by atoms with Crippen LogP contribution in [0.15, 0.2) is 29.2 Å². The molecular weight excluding hydrogens is 297 g/mol. The molecule has 9 heteroatoms. The molecule has 1 unspecified atom stereocenters. The van der Waals surface area contributed by atoms with E-state index >= 15 is 0 Å². The summed E-state index contributed by atoms with van der Waals surface area (Å²) in [4.78, 5) is 0.0688. The first kappa shape index (κ1) is 14.1. The Hall–Kier alpha value is -1.87. The van der Waals surface area contributed by atoms with Gasteiger partial charge in [-0.1, -0.05) is 11.6 Å². The number of hydrogen-bond acceptors (Lipinski definition) is 5. The second-order valence-corrected chi connectivity index (χ2v) is 6.74. The quantitative estimate of drug-likeness (QED) is 0.921. The van der Waals surface area contributed by atoms with Gasteiger partial charge in [0.1, 0.15) is 5.82 Å². The number of aromatic nitrogens is 4. The smallest absolute Gasteiger partial charge is 0.207 e. The first-order valence-corrected chi connectivity index (χ1v) is 8.04. The number of rotatable bonds is 3. The van der Waals surface area contributed by atoms with E-state index in [4.69, 9.17) is 0 Å². The molecule has 1 atom stereocenters. The third-order valence-electron chi connectivity index (χ3n) is 3.53. The lowest BCUT2D eigenvalue weighted by Crippen LogP contribution is -2.39. The molecule has 7 nitrogen and oxygen atoms in total. The van der Waals surface area contributed by atoms with E-state index in [1.807, 2.05) is 0 Å². The summed E-state index contributed by atoms with van der Waals surface area (Å²) in [5.74, 6) is -0.109. The summed E-state index contributed by atoms with van der Waals surface area (Å²) in [5.41, 5.74) is 0. The minimum Gasteiger partial charge on any atom is -0.207 e. The number of aromatic amines is 1. The number of tetrazole rings is 1. The van der Waals surface area contributed by atoms with E-state index in [-0.39, 0.29) is 4.90 Å². The highest BCUT2D eigenvalue weighted by Gasteiger charge is 2.36. The molecule has 3 rings (SSSR count). The molecule has 0 radical (unpaired) electrons. The Morgan fingerprint density at radius 1 is 1.24 bits per heavy atom. The average molecular weight is 311 g/mol. The van der Waals surface area contributed by atoms with Crippen molar-refractivity contribution in [2.75, 3.05) is 6.54 Å². The fourth-order valence-corrected chi connectivity index (χ4v) is 4.16. The van der Waals surface area contributed by atoms with Crippen LogP contribution in [0.3, 0.4) is 0 Å². The van der Waals surface area contributed by atoms with Crippen LogP contribution in [0.25, 0.3) is 0 Å². The maximum absolute atomic E-state index is 13.0. The van der Waals surface area contributed by atoms with Crippen LogP contribution in [0.2, 0.25) is 0 Å². The summed E-state index contributed by atoms with van der Waals surface area (Å²) >= 11 is 0. The van der Waals surface area contributed by atoms with Gasteiger partial charge in [-0.15, -0.1) is 10.2 Å². The van der Waals surface area contributed by atoms with E-state index < -0.39 is 21.9 Å². The summed E-state index contributed by atoms with van der Waals surface area (Å²) < 4.78 is 39.8. The molecule has 0 amide bonds. The Kier molecular flexibility index (Phi) is 3.68. The van der Waals surface area contributed by atoms with Gasteiger partial charge in [0.15, 0.2) is 5.82 Å². The summed E-state index contributed by atoms with van der Waals surface area (Å²) in [6.07, 6.45) is 2.31. The van der Waals surface area contributed by atoms with Crippen LogP contribution in [-0.2, 0) is 10.0 Å². The topological polar surface area (TPSA) is 91.8 Å². The fraction of sp³-hybridized carbons (Fsp3) is 0.417. The summed E-state index contributed by atoms with van der Waals surface area (Å²) in [7, 11) is -3.71. The lowest BCUT2D eigenvalue weighted by atomic mass is 10.0. The molecule has 1 fully saturated rings. The van der Waals surface area contributed by atoms with Gasteiger partial charge in [0.2, 0.25) is 10.0 Å². The van der Waals surface area contributed by atoms with Crippen LogP contribution >= 0.6 is 0 Å². The maximum Gasteiger partial charge on any atom is 0.243 e. The molecule has 1 saturated heterocycles. The van der Waals surface area contributed by atoms with Gasteiger partial charge in [-0.25, -0.2) is 12.8 Å². The highest BCUT2D eigenvalue weighted by molar-refractivity contribution is 7.89. The molecule has 1 aromatic heterocycles. The van der Waals surface area contributed by atoms with E-state index in [9.17, 15) is 12.8 Å². The van der Waals surface area contributed by atoms with Crippen LogP contribution in [0.1, 0.15) is 31.1 Å². The van der Waals surface area contributed by atoms with Crippen molar-refractivity contribution in [3.63, 3.8) is 0 Å². The van der Waals surface area contributed by atoms with Crippen molar-refractivity contribution in [3.8, 4) is 0 Å². The average Bonchev–Trinajstić information content (AvgIpc) is 3.02. The summed E-state index contributed by atoms with van der Waals surface area (Å²) in [6, 6.07) is 4.38. The largest absolute Gasteiger partial charge is 0.243 e. The molecule has 2 heterocycles. The van der Waals surface area contributed by atoms with Gasteiger partial charge in [0.05, 0.1) is 10.9 Å². The SMILES string of the molecule is O=S(=O)(c1ccc(F)cc1)N1CCCCC1c1nn[nH]n1. The predicted octanol–water partition coefficient (Wildman–Crippen LogP) is 1.25. The number of piperidine rings is 1. The van der Waals surface area contributed by atoms with E-state index in [1.165, 1.54) is 16.4 Å². The Morgan fingerprint density at radius 2 is 2.00 bits per heavy atom. The molecule has 0 spiro atoms. The highest BCUT2D eigenvalue weighted by Crippen LogP contribution is 2.33. The number of sulfonamides is 1. The van der Waals surface area contributed by atoms with Crippen molar-refractivity contribution < 1.29 is 12.8 Å². The van der Waals surface area contributed by atoms with Gasteiger partial charge in [-0.05, 0) is 37.1 Å². The van der Waals surface area contributed by atoms with Crippen LogP contribution in [0, 0.1) is 5.82 Å². The molecule has 2 aromatic rings. The highest BCUT2D eigenvalue weighted by atomic mass is 32.2. The molecule has 21 heavy (non-hydrogen) atoms. The van der Waals surface area contributed by atoms with Crippen molar-refractivity contribution in [3.05, 3.63) is 35.9 Å². The van der Waals surface area contributed by atoms with Crippen LogP contribution in [-0.4, -0.2) is 39.9 Å². The number of nitrogens with zero attached hydrogens (tertiary/aromatic N) is 4. The van der Waals surface area contributed by atoms with Gasteiger partial charge in [-0.3, -0.25) is 0 Å². The van der Waals surface area contributed by atoms with Crippen molar-refractivity contribution in [1.29, 1.82) is 0 Å². The van der Waals surface area contributed by atoms with Gasteiger partial charge in [0, 0.05) is 6.54 Å². The zero-order valence-electron chi connectivity index (χ0n) is 11.1. The van der Waals surface area contributed by atoms with Crippen LogP contribution in [0.5, 0.6) is 0 Å². The monoisotopic (exact) mass is 311 g/mol. The lowest BCUT2D eigenvalue weighted by Gasteiger charge is -2.32. The number of H-pyrrole nitrogens is 1. The fourth-order valence-electron chi connectivity index (χ4n) is 2.50. The zero-order chi connectivity index (χ0) is 14.9. The molecule has 0 bridgehead atoms. The van der Waals surface area contributed by atoms with E-state index in [0.29, 0.717) is 18.8 Å². The molecule has 1 aliphatic heterocycles. The first-order chi connectivity index (χ1) is 10.1. The third-order valence-corrected chi connectivity index (χ3v) is 5.46. The number of benzene rings is 1. The van der Waals surface area contributed by atoms with Crippen LogP contribution < -0.4 is 0 Å². The van der Waals surface area contributed by atoms with Crippen molar-refractivity contribution >= 4 is 10.0 Å². The molecular formula is C12H14FN5O2S. The third kappa shape index (κ3) is 2.66. The lowest BCUT2D eigenvalue weighted by molar-refractivity contribution is 0.246. The van der Waals surface area contributed by atoms with Crippen molar-refractivity contribution in [2.45, 2.75) is 30.2 Å². The molecule has 1 aliphatic rings. The Balaban J connectivity index is 1.97. The number of hydrogen-bond donors (Lipinski definition) is 1. The standard InChI is InChI=1S/C12H14FN5O2S/c13-9-4-6-10(7-5-9)21(19,20)18-8-2-1-3-11(18)12-14-16-17-15-12/h4-7,11H,1-3,8H2,(H,14,15,16,17). The van der Waals surface area contributed by atoms with Crippen LogP contribution in [0.4, 0.5) is 4.39 Å². The van der Waals surface area contributed by atoms with E-state index in [1.54, 1.807) is 0 Å². The summed E-state index contributed by atoms with van der Waals surface area (Å²) in [5, 5.41) is 13.6. The zero-order valence-corrected chi connectivity index (χ0v) is 11.9. The molecule has 1 aromatic carbocycles. The van der Waals surface area contributed by atoms with Crippen molar-refractivity contribution in [1.82, 2.24) is 24.9 Å². The Morgan fingerprint density at radius 3 is 2.67 bits per heavy atom. The minimum absolute atomic E-state index is 0.0688. The maximum atomic E-state index is 13.0. The Bertz CT molecular complexity index is 702. The summed E-state index contributed by atoms with van der Waals surface area (Å²) in [6.45, 7) is 0.388. The molecule has 112 valence electrons. The van der Waals surface area contributed by atoms with Gasteiger partial charge >= 0.3 is 0 Å². The number of halogens is 1. The van der Waals surface area contributed by atoms with Crippen molar-refractivity contribution in [2.24, 2.45) is 0 Å². The predicted molar refractivity (Wildman–Crippen MR) is 71.1 cm³/mol. The molecule has 1 N–H and O–H groups in total. The normalized spacial score (nSPS) is 20.5. The van der Waals surface area contributed by atoms with E-state index in [2.05, 4.69) is 20.6 Å².